The van der Waals surface area contributed by atoms with E-state index in [1.807, 2.05) is 13.0 Å². The highest BCUT2D eigenvalue weighted by Crippen LogP contribution is 2.14. The van der Waals surface area contributed by atoms with Gasteiger partial charge in [-0.25, -0.2) is 0 Å². The van der Waals surface area contributed by atoms with Crippen molar-refractivity contribution in [1.29, 1.82) is 5.26 Å². The minimum Gasteiger partial charge on any atom is -0.481 e. The first-order valence-electron chi connectivity index (χ1n) is 6.18. The number of amides is 1. The van der Waals surface area contributed by atoms with E-state index in [0.29, 0.717) is 24.4 Å². The second kappa shape index (κ2) is 7.39. The number of ether oxygens (including phenoxy) is 1. The van der Waals surface area contributed by atoms with E-state index < -0.39 is 6.10 Å². The number of aliphatic hydroxyl groups is 1. The second-order valence-electron chi connectivity index (χ2n) is 4.04. The zero-order valence-electron chi connectivity index (χ0n) is 11.2. The van der Waals surface area contributed by atoms with Gasteiger partial charge in [0.2, 0.25) is 0 Å². The first-order valence-corrected chi connectivity index (χ1v) is 6.18. The van der Waals surface area contributed by atoms with E-state index in [0.717, 1.165) is 0 Å². The Bertz CT molecular complexity index is 451. The number of benzene rings is 1. The second-order valence-corrected chi connectivity index (χ2v) is 4.04. The summed E-state index contributed by atoms with van der Waals surface area (Å²) < 4.78 is 5.52. The Labute approximate surface area is 113 Å². The predicted octanol–water partition coefficient (Wildman–Crippen LogP) is 1.17. The number of likely N-dealkylation sites (N-methyl/N-ethyl adjacent to an activating group) is 1. The van der Waals surface area contributed by atoms with Crippen molar-refractivity contribution >= 4 is 5.91 Å². The Hall–Kier alpha value is -2.06. The highest BCUT2D eigenvalue weighted by molar-refractivity contribution is 5.80. The molecule has 0 bridgehead atoms. The fraction of sp³-hybridized carbons (Fsp3) is 0.429. The van der Waals surface area contributed by atoms with Gasteiger partial charge in [0.05, 0.1) is 18.2 Å². The zero-order chi connectivity index (χ0) is 14.3. The van der Waals surface area contributed by atoms with Crippen LogP contribution in [0.15, 0.2) is 24.3 Å². The van der Waals surface area contributed by atoms with Crippen molar-refractivity contribution in [3.05, 3.63) is 29.8 Å². The molecule has 1 aromatic rings. The number of rotatable bonds is 6. The van der Waals surface area contributed by atoms with Crippen LogP contribution in [0.3, 0.4) is 0 Å². The molecule has 0 aromatic heterocycles. The average molecular weight is 262 g/mol. The topological polar surface area (TPSA) is 73.6 Å². The van der Waals surface area contributed by atoms with Crippen LogP contribution in [0, 0.1) is 11.3 Å². The molecule has 1 unspecified atom stereocenters. The summed E-state index contributed by atoms with van der Waals surface area (Å²) >= 11 is 0. The number of aliphatic hydroxyl groups excluding tert-OH is 1. The van der Waals surface area contributed by atoms with Gasteiger partial charge in [-0.2, -0.15) is 5.26 Å². The molecule has 1 aromatic carbocycles. The molecular formula is C14H18N2O3. The maximum atomic E-state index is 12.0. The fourth-order valence-corrected chi connectivity index (χ4v) is 1.66. The molecule has 19 heavy (non-hydrogen) atoms. The van der Waals surface area contributed by atoms with Crippen molar-refractivity contribution in [3.8, 4) is 11.8 Å². The summed E-state index contributed by atoms with van der Waals surface area (Å²) in [5.74, 6) is 0.376. The third-order valence-electron chi connectivity index (χ3n) is 2.71. The van der Waals surface area contributed by atoms with E-state index in [-0.39, 0.29) is 12.5 Å². The molecule has 0 aliphatic rings. The van der Waals surface area contributed by atoms with Crippen molar-refractivity contribution in [1.82, 2.24) is 4.90 Å². The summed E-state index contributed by atoms with van der Waals surface area (Å²) in [7, 11) is 0. The van der Waals surface area contributed by atoms with Crippen LogP contribution in [0.25, 0.3) is 0 Å². The minimum atomic E-state index is -0.626. The maximum absolute atomic E-state index is 12.0. The molecule has 0 radical (unpaired) electrons. The quantitative estimate of drug-likeness (QED) is 0.835. The Kier molecular flexibility index (Phi) is 5.83. The SMILES string of the molecule is CCN(CCO)C(=O)C(C)Oc1ccc(C#N)cc1. The molecule has 0 aliphatic heterocycles. The molecule has 5 heteroatoms. The number of hydrogen-bond donors (Lipinski definition) is 1. The molecule has 1 rings (SSSR count). The van der Waals surface area contributed by atoms with Crippen LogP contribution < -0.4 is 4.74 Å². The smallest absolute Gasteiger partial charge is 0.263 e. The van der Waals surface area contributed by atoms with Crippen LogP contribution in [0.1, 0.15) is 19.4 Å². The van der Waals surface area contributed by atoms with Gasteiger partial charge in [-0.05, 0) is 38.1 Å². The molecule has 1 amide bonds. The lowest BCUT2D eigenvalue weighted by atomic mass is 10.2. The van der Waals surface area contributed by atoms with Crippen molar-refractivity contribution in [2.45, 2.75) is 20.0 Å². The minimum absolute atomic E-state index is 0.0663. The molecule has 0 heterocycles. The highest BCUT2D eigenvalue weighted by Gasteiger charge is 2.20. The molecular weight excluding hydrogens is 244 g/mol. The summed E-state index contributed by atoms with van der Waals surface area (Å²) in [6.45, 7) is 4.28. The molecule has 102 valence electrons. The van der Waals surface area contributed by atoms with Gasteiger partial charge in [-0.1, -0.05) is 0 Å². The Morgan fingerprint density at radius 2 is 2.11 bits per heavy atom. The Morgan fingerprint density at radius 3 is 2.58 bits per heavy atom. The lowest BCUT2D eigenvalue weighted by Gasteiger charge is -2.24. The Balaban J connectivity index is 2.64. The van der Waals surface area contributed by atoms with Crippen LogP contribution in [0.2, 0.25) is 0 Å². The van der Waals surface area contributed by atoms with E-state index in [1.54, 1.807) is 31.2 Å². The monoisotopic (exact) mass is 262 g/mol. The van der Waals surface area contributed by atoms with E-state index in [2.05, 4.69) is 0 Å². The molecule has 0 saturated carbocycles. The van der Waals surface area contributed by atoms with Gasteiger partial charge < -0.3 is 14.7 Å². The normalized spacial score (nSPS) is 11.5. The summed E-state index contributed by atoms with van der Waals surface area (Å²) in [5.41, 5.74) is 0.543. The number of nitriles is 1. The summed E-state index contributed by atoms with van der Waals surface area (Å²) in [6, 6.07) is 8.60. The van der Waals surface area contributed by atoms with Gasteiger partial charge >= 0.3 is 0 Å². The third kappa shape index (κ3) is 4.27. The summed E-state index contributed by atoms with van der Waals surface area (Å²) in [5, 5.41) is 17.6. The molecule has 1 N–H and O–H groups in total. The maximum Gasteiger partial charge on any atom is 0.263 e. The largest absolute Gasteiger partial charge is 0.481 e. The van der Waals surface area contributed by atoms with Gasteiger partial charge in [0.15, 0.2) is 6.10 Å². The van der Waals surface area contributed by atoms with Gasteiger partial charge in [-0.15, -0.1) is 0 Å². The van der Waals surface area contributed by atoms with Crippen LogP contribution in [-0.4, -0.2) is 41.7 Å². The zero-order valence-corrected chi connectivity index (χ0v) is 11.2. The van der Waals surface area contributed by atoms with Crippen molar-refractivity contribution in [3.63, 3.8) is 0 Å². The van der Waals surface area contributed by atoms with Crippen LogP contribution in [0.5, 0.6) is 5.75 Å². The fourth-order valence-electron chi connectivity index (χ4n) is 1.66. The first-order chi connectivity index (χ1) is 9.12. The van der Waals surface area contributed by atoms with Crippen molar-refractivity contribution < 1.29 is 14.6 Å². The van der Waals surface area contributed by atoms with Gasteiger partial charge in [0.25, 0.3) is 5.91 Å². The lowest BCUT2D eigenvalue weighted by molar-refractivity contribution is -0.138. The van der Waals surface area contributed by atoms with Crippen molar-refractivity contribution in [2.24, 2.45) is 0 Å². The lowest BCUT2D eigenvalue weighted by Crippen LogP contribution is -2.41. The first kappa shape index (κ1) is 15.0. The third-order valence-corrected chi connectivity index (χ3v) is 2.71. The number of hydrogen-bond acceptors (Lipinski definition) is 4. The number of carbonyl (C=O) groups is 1. The van der Waals surface area contributed by atoms with Gasteiger partial charge in [0, 0.05) is 13.1 Å². The van der Waals surface area contributed by atoms with E-state index in [4.69, 9.17) is 15.1 Å². The molecule has 5 nitrogen and oxygen atoms in total. The predicted molar refractivity (Wildman–Crippen MR) is 70.6 cm³/mol. The van der Waals surface area contributed by atoms with Gasteiger partial charge in [-0.3, -0.25) is 4.79 Å². The highest BCUT2D eigenvalue weighted by atomic mass is 16.5. The molecule has 0 spiro atoms. The van der Waals surface area contributed by atoms with E-state index in [1.165, 1.54) is 4.90 Å². The van der Waals surface area contributed by atoms with Crippen LogP contribution >= 0.6 is 0 Å². The number of nitrogens with zero attached hydrogens (tertiary/aromatic N) is 2. The standard InChI is InChI=1S/C14H18N2O3/c1-3-16(8-9-17)14(18)11(2)19-13-6-4-12(10-15)5-7-13/h4-7,11,17H,3,8-9H2,1-2H3. The summed E-state index contributed by atoms with van der Waals surface area (Å²) in [6.07, 6.45) is -0.626. The molecule has 0 fully saturated rings. The Morgan fingerprint density at radius 1 is 1.47 bits per heavy atom. The van der Waals surface area contributed by atoms with Crippen LogP contribution in [0.4, 0.5) is 0 Å². The van der Waals surface area contributed by atoms with E-state index in [9.17, 15) is 4.79 Å². The van der Waals surface area contributed by atoms with Gasteiger partial charge in [0.1, 0.15) is 5.75 Å². The number of carbonyl (C=O) groups excluding carboxylic acids is 1. The average Bonchev–Trinajstić information content (AvgIpc) is 2.44. The molecule has 0 aliphatic carbocycles. The molecule has 1 atom stereocenters. The summed E-state index contributed by atoms with van der Waals surface area (Å²) in [4.78, 5) is 13.6. The van der Waals surface area contributed by atoms with Crippen LogP contribution in [-0.2, 0) is 4.79 Å². The van der Waals surface area contributed by atoms with E-state index >= 15 is 0 Å². The molecule has 0 saturated heterocycles. The van der Waals surface area contributed by atoms with Crippen molar-refractivity contribution in [2.75, 3.05) is 19.7 Å².